The third-order valence-electron chi connectivity index (χ3n) is 4.15. The van der Waals surface area contributed by atoms with Gasteiger partial charge < -0.3 is 10.2 Å². The molecule has 0 heterocycles. The largest absolute Gasteiger partial charge is 0.542 e. The van der Waals surface area contributed by atoms with Crippen molar-refractivity contribution in [2.24, 2.45) is 0 Å². The maximum atomic E-state index is 6.42. The van der Waals surface area contributed by atoms with Crippen molar-refractivity contribution in [3.05, 3.63) is 35.4 Å². The SMILES string of the molecule is CC(C)(C)[Si](C)(C)Oc1c(Cl)cc(N)c2ccccc12. The van der Waals surface area contributed by atoms with E-state index in [2.05, 4.69) is 33.9 Å². The zero-order valence-electron chi connectivity index (χ0n) is 12.8. The fourth-order valence-corrected chi connectivity index (χ4v) is 3.21. The molecule has 0 aliphatic rings. The monoisotopic (exact) mass is 307 g/mol. The van der Waals surface area contributed by atoms with Crippen molar-refractivity contribution in [2.75, 3.05) is 5.73 Å². The highest BCUT2D eigenvalue weighted by atomic mass is 35.5. The van der Waals surface area contributed by atoms with Crippen molar-refractivity contribution in [1.82, 2.24) is 0 Å². The van der Waals surface area contributed by atoms with Crippen LogP contribution in [-0.4, -0.2) is 8.32 Å². The van der Waals surface area contributed by atoms with Crippen LogP contribution >= 0.6 is 11.6 Å². The Hall–Kier alpha value is -1.19. The quantitative estimate of drug-likeness (QED) is 0.590. The minimum Gasteiger partial charge on any atom is -0.542 e. The molecule has 20 heavy (non-hydrogen) atoms. The van der Waals surface area contributed by atoms with Crippen molar-refractivity contribution >= 4 is 36.4 Å². The van der Waals surface area contributed by atoms with Gasteiger partial charge in [0.25, 0.3) is 8.32 Å². The van der Waals surface area contributed by atoms with E-state index in [-0.39, 0.29) is 5.04 Å². The molecule has 0 aliphatic carbocycles. The summed E-state index contributed by atoms with van der Waals surface area (Å²) < 4.78 is 6.42. The number of nitrogens with two attached hydrogens (primary N) is 1. The van der Waals surface area contributed by atoms with E-state index in [4.69, 9.17) is 21.8 Å². The number of halogens is 1. The van der Waals surface area contributed by atoms with Crippen molar-refractivity contribution < 1.29 is 4.43 Å². The van der Waals surface area contributed by atoms with Gasteiger partial charge in [0, 0.05) is 16.5 Å². The molecule has 2 aromatic carbocycles. The molecule has 0 aromatic heterocycles. The van der Waals surface area contributed by atoms with Gasteiger partial charge in [0.05, 0.1) is 5.02 Å². The number of anilines is 1. The summed E-state index contributed by atoms with van der Waals surface area (Å²) in [5.74, 6) is 0.767. The molecular formula is C16H22ClNOSi. The van der Waals surface area contributed by atoms with E-state index in [1.54, 1.807) is 6.07 Å². The van der Waals surface area contributed by atoms with Crippen LogP contribution in [0, 0.1) is 0 Å². The van der Waals surface area contributed by atoms with Gasteiger partial charge in [-0.1, -0.05) is 56.6 Å². The van der Waals surface area contributed by atoms with Gasteiger partial charge in [-0.25, -0.2) is 0 Å². The molecule has 0 fully saturated rings. The average Bonchev–Trinajstić information content (AvgIpc) is 2.33. The van der Waals surface area contributed by atoms with Crippen LogP contribution in [0.15, 0.2) is 30.3 Å². The average molecular weight is 308 g/mol. The summed E-state index contributed by atoms with van der Waals surface area (Å²) in [6.07, 6.45) is 0. The summed E-state index contributed by atoms with van der Waals surface area (Å²) >= 11 is 6.38. The number of fused-ring (bicyclic) bond motifs is 1. The predicted molar refractivity (Wildman–Crippen MR) is 91.2 cm³/mol. The lowest BCUT2D eigenvalue weighted by Crippen LogP contribution is -2.44. The van der Waals surface area contributed by atoms with Gasteiger partial charge in [-0.05, 0) is 24.2 Å². The van der Waals surface area contributed by atoms with Crippen molar-refractivity contribution in [2.45, 2.75) is 38.9 Å². The lowest BCUT2D eigenvalue weighted by atomic mass is 10.1. The minimum absolute atomic E-state index is 0.124. The molecule has 0 amide bonds. The molecule has 4 heteroatoms. The van der Waals surface area contributed by atoms with E-state index < -0.39 is 8.32 Å². The predicted octanol–water partition coefficient (Wildman–Crippen LogP) is 5.46. The molecule has 0 saturated heterocycles. The van der Waals surface area contributed by atoms with Crippen molar-refractivity contribution in [3.63, 3.8) is 0 Å². The lowest BCUT2D eigenvalue weighted by molar-refractivity contribution is 0.497. The van der Waals surface area contributed by atoms with Crippen molar-refractivity contribution in [3.8, 4) is 5.75 Å². The first-order valence-corrected chi connectivity index (χ1v) is 10.1. The minimum atomic E-state index is -1.94. The molecule has 2 rings (SSSR count). The number of rotatable bonds is 2. The zero-order chi connectivity index (χ0) is 15.1. The molecule has 2 N–H and O–H groups in total. The Morgan fingerprint density at radius 2 is 1.65 bits per heavy atom. The standard InChI is InChI=1S/C16H22ClNOSi/c1-16(2,3)20(4,5)19-15-12-9-7-6-8-11(12)14(18)10-13(15)17/h6-10H,18H2,1-5H3. The number of nitrogen functional groups attached to an aromatic ring is 1. The van der Waals surface area contributed by atoms with Gasteiger partial charge >= 0.3 is 0 Å². The molecule has 0 radical (unpaired) electrons. The molecule has 0 aliphatic heterocycles. The summed E-state index contributed by atoms with van der Waals surface area (Å²) in [5, 5.41) is 2.69. The Balaban J connectivity index is 2.61. The maximum absolute atomic E-state index is 6.42. The summed E-state index contributed by atoms with van der Waals surface area (Å²) in [4.78, 5) is 0. The summed E-state index contributed by atoms with van der Waals surface area (Å²) in [5.41, 5.74) is 6.73. The Bertz CT molecular complexity index is 647. The van der Waals surface area contributed by atoms with Gasteiger partial charge in [-0.2, -0.15) is 0 Å². The highest BCUT2D eigenvalue weighted by Crippen LogP contribution is 2.43. The highest BCUT2D eigenvalue weighted by Gasteiger charge is 2.39. The fraction of sp³-hybridized carbons (Fsp3) is 0.375. The van der Waals surface area contributed by atoms with Crippen LogP contribution in [0.4, 0.5) is 5.69 Å². The van der Waals surface area contributed by atoms with Crippen molar-refractivity contribution in [1.29, 1.82) is 0 Å². The third kappa shape index (κ3) is 2.65. The van der Waals surface area contributed by atoms with Gasteiger partial charge in [0.15, 0.2) is 0 Å². The molecule has 0 unspecified atom stereocenters. The first-order valence-electron chi connectivity index (χ1n) is 6.79. The molecular weight excluding hydrogens is 286 g/mol. The molecule has 0 spiro atoms. The van der Waals surface area contributed by atoms with Crippen LogP contribution in [0.5, 0.6) is 5.75 Å². The highest BCUT2D eigenvalue weighted by molar-refractivity contribution is 6.75. The fourth-order valence-electron chi connectivity index (χ4n) is 1.85. The second kappa shape index (κ2) is 4.97. The van der Waals surface area contributed by atoms with Crippen LogP contribution in [-0.2, 0) is 0 Å². The zero-order valence-corrected chi connectivity index (χ0v) is 14.5. The molecule has 0 bridgehead atoms. The summed E-state index contributed by atoms with van der Waals surface area (Å²) in [6, 6.07) is 9.76. The van der Waals surface area contributed by atoms with Crippen LogP contribution in [0.25, 0.3) is 10.8 Å². The summed E-state index contributed by atoms with van der Waals surface area (Å²) in [6.45, 7) is 11.1. The van der Waals surface area contributed by atoms with Gasteiger partial charge in [-0.3, -0.25) is 0 Å². The Morgan fingerprint density at radius 3 is 2.20 bits per heavy atom. The molecule has 2 aromatic rings. The smallest absolute Gasteiger partial charge is 0.250 e. The van der Waals surface area contributed by atoms with Crippen LogP contribution in [0.1, 0.15) is 20.8 Å². The first kappa shape index (κ1) is 15.2. The van der Waals surface area contributed by atoms with E-state index in [0.717, 1.165) is 16.5 Å². The van der Waals surface area contributed by atoms with E-state index in [0.29, 0.717) is 10.7 Å². The van der Waals surface area contributed by atoms with E-state index >= 15 is 0 Å². The van der Waals surface area contributed by atoms with Crippen LogP contribution in [0.2, 0.25) is 23.2 Å². The molecule has 108 valence electrons. The Kier molecular flexibility index (Phi) is 3.78. The van der Waals surface area contributed by atoms with Gasteiger partial charge in [0.2, 0.25) is 0 Å². The topological polar surface area (TPSA) is 35.2 Å². The third-order valence-corrected chi connectivity index (χ3v) is 8.75. The first-order chi connectivity index (χ1) is 9.13. The summed E-state index contributed by atoms with van der Waals surface area (Å²) in [7, 11) is -1.94. The van der Waals surface area contributed by atoms with Gasteiger partial charge in [-0.15, -0.1) is 0 Å². The van der Waals surface area contributed by atoms with E-state index in [9.17, 15) is 0 Å². The number of hydrogen-bond acceptors (Lipinski definition) is 2. The second-order valence-corrected chi connectivity index (χ2v) is 11.8. The van der Waals surface area contributed by atoms with Gasteiger partial charge in [0.1, 0.15) is 5.75 Å². The molecule has 2 nitrogen and oxygen atoms in total. The Morgan fingerprint density at radius 1 is 1.10 bits per heavy atom. The normalized spacial score (nSPS) is 12.7. The number of benzene rings is 2. The maximum Gasteiger partial charge on any atom is 0.250 e. The van der Waals surface area contributed by atoms with E-state index in [1.807, 2.05) is 24.3 Å². The Labute approximate surface area is 127 Å². The second-order valence-electron chi connectivity index (χ2n) is 6.68. The molecule has 0 atom stereocenters. The lowest BCUT2D eigenvalue weighted by Gasteiger charge is -2.37. The van der Waals surface area contributed by atoms with E-state index in [1.165, 1.54) is 0 Å². The number of hydrogen-bond donors (Lipinski definition) is 1. The van der Waals surface area contributed by atoms with Crippen LogP contribution in [0.3, 0.4) is 0 Å². The van der Waals surface area contributed by atoms with Crippen LogP contribution < -0.4 is 10.2 Å². The molecule has 0 saturated carbocycles.